The molecule has 1 aliphatic carbocycles. The molecule has 1 aliphatic rings. The van der Waals surface area contributed by atoms with Crippen LogP contribution >= 0.6 is 53.2 Å². The van der Waals surface area contributed by atoms with Gasteiger partial charge in [-0.1, -0.05) is 43.3 Å². The summed E-state index contributed by atoms with van der Waals surface area (Å²) in [5, 5.41) is 8.14. The van der Waals surface area contributed by atoms with Crippen molar-refractivity contribution in [1.29, 1.82) is 5.26 Å². The van der Waals surface area contributed by atoms with Crippen LogP contribution in [0.4, 0.5) is 0 Å². The number of allylic oxidation sites excluding steroid dienone is 1. The molecule has 2 rings (SSSR count). The first-order chi connectivity index (χ1) is 27.4. The van der Waals surface area contributed by atoms with Crippen LogP contribution in [-0.2, 0) is 65.3 Å². The lowest BCUT2D eigenvalue weighted by Gasteiger charge is -2.16. The second-order valence-corrected chi connectivity index (χ2v) is 25.8. The summed E-state index contributed by atoms with van der Waals surface area (Å²) in [4.78, 5) is 64.9. The van der Waals surface area contributed by atoms with Crippen LogP contribution in [0.5, 0.6) is 0 Å². The van der Waals surface area contributed by atoms with Gasteiger partial charge in [0.1, 0.15) is 0 Å². The minimum Gasteiger partial charge on any atom is -0.324 e. The summed E-state index contributed by atoms with van der Waals surface area (Å²) in [6.45, 7) is 14.1. The molecule has 0 aromatic heterocycles. The first-order valence-corrected chi connectivity index (χ1v) is 30.5. The zero-order chi connectivity index (χ0) is 47.7. The van der Waals surface area contributed by atoms with Crippen molar-refractivity contribution in [2.75, 3.05) is 71.2 Å². The van der Waals surface area contributed by atoms with Crippen LogP contribution in [-0.4, -0.2) is 110 Å². The van der Waals surface area contributed by atoms with Crippen molar-refractivity contribution >= 4 is 53.2 Å². The Bertz CT molecular complexity index is 1600. The van der Waals surface area contributed by atoms with Crippen LogP contribution in [0, 0.1) is 17.2 Å². The van der Waals surface area contributed by atoms with Crippen molar-refractivity contribution in [3.8, 4) is 6.07 Å². The van der Waals surface area contributed by atoms with E-state index in [-0.39, 0.29) is 24.9 Å². The third kappa shape index (κ3) is 48.5. The third-order valence-corrected chi connectivity index (χ3v) is 17.0. The molecule has 1 aromatic rings. The summed E-state index contributed by atoms with van der Waals surface area (Å²) in [7, 11) is -22.5. The fourth-order valence-corrected chi connectivity index (χ4v) is 10.6. The Hall–Kier alpha value is -0.500. The highest BCUT2D eigenvalue weighted by Crippen LogP contribution is 2.54. The van der Waals surface area contributed by atoms with Crippen LogP contribution in [0.15, 0.2) is 43.0 Å². The van der Waals surface area contributed by atoms with Crippen LogP contribution in [0.1, 0.15) is 65.9 Å². The Balaban J connectivity index is -0.000000317. The summed E-state index contributed by atoms with van der Waals surface area (Å²) in [5.74, 6) is -0.783. The molecular formula is C31H66NO21P7. The quantitative estimate of drug-likeness (QED) is 0.0407. The van der Waals surface area contributed by atoms with Crippen molar-refractivity contribution < 1.29 is 98.2 Å². The average Bonchev–Trinajstić information content (AvgIpc) is 3.93. The minimum atomic E-state index is -4.55. The van der Waals surface area contributed by atoms with E-state index in [1.807, 2.05) is 26.0 Å². The van der Waals surface area contributed by atoms with E-state index in [9.17, 15) is 32.0 Å². The summed E-state index contributed by atoms with van der Waals surface area (Å²) in [5.41, 5.74) is 0.667. The molecule has 0 unspecified atom stereocenters. The van der Waals surface area contributed by atoms with Gasteiger partial charge in [0.05, 0.1) is 57.1 Å². The van der Waals surface area contributed by atoms with Crippen molar-refractivity contribution in [1.82, 2.24) is 0 Å². The Kier molecular flexibility index (Phi) is 38.4. The lowest BCUT2D eigenvalue weighted by Crippen LogP contribution is -2.01. The van der Waals surface area contributed by atoms with Crippen LogP contribution in [0.3, 0.4) is 0 Å². The fraction of sp³-hybridized carbons (Fsp3) is 0.710. The third-order valence-electron chi connectivity index (χ3n) is 6.15. The van der Waals surface area contributed by atoms with Crippen LogP contribution < -0.4 is 0 Å². The molecule has 0 radical (unpaired) electrons. The lowest BCUT2D eigenvalue weighted by atomic mass is 10.2. The van der Waals surface area contributed by atoms with Crippen LogP contribution in [0.25, 0.3) is 0 Å². The topological polar surface area (TPSA) is 360 Å². The van der Waals surface area contributed by atoms with Gasteiger partial charge in [0.2, 0.25) is 0 Å². The van der Waals surface area contributed by atoms with Gasteiger partial charge in [-0.15, -0.1) is 6.58 Å². The molecule has 60 heavy (non-hydrogen) atoms. The second kappa shape index (κ2) is 34.8. The number of hydrogen-bond acceptors (Lipinski definition) is 14. The molecule has 29 heteroatoms. The number of benzene rings is 1. The zero-order valence-corrected chi connectivity index (χ0v) is 41.4. The van der Waals surface area contributed by atoms with E-state index in [4.69, 9.17) is 62.5 Å². The minimum absolute atomic E-state index is 0.0625. The maximum atomic E-state index is 11.8. The normalized spacial score (nSPS) is 13.1. The monoisotopic (exact) mass is 1010 g/mol. The second-order valence-electron chi connectivity index (χ2n) is 11.7. The van der Waals surface area contributed by atoms with Gasteiger partial charge in [-0.05, 0) is 58.4 Å². The first kappa shape index (κ1) is 66.1. The maximum Gasteiger partial charge on any atom is 0.337 e. The van der Waals surface area contributed by atoms with Crippen molar-refractivity contribution in [3.05, 3.63) is 48.6 Å². The Labute approximate surface area is 354 Å². The van der Waals surface area contributed by atoms with E-state index in [0.717, 1.165) is 0 Å². The molecule has 1 aromatic carbocycles. The number of rotatable bonds is 22. The summed E-state index contributed by atoms with van der Waals surface area (Å²) in [6.07, 6.45) is 5.92. The zero-order valence-electron chi connectivity index (χ0n) is 35.1. The highest BCUT2D eigenvalue weighted by Gasteiger charge is 2.34. The Morgan fingerprint density at radius 2 is 1.05 bits per heavy atom. The average molecular weight is 1010 g/mol. The molecule has 0 spiro atoms. The molecule has 0 bridgehead atoms. The molecule has 8 N–H and O–H groups in total. The van der Waals surface area contributed by atoms with E-state index in [1.165, 1.54) is 34.0 Å². The summed E-state index contributed by atoms with van der Waals surface area (Å²) < 4.78 is 104. The largest absolute Gasteiger partial charge is 0.337 e. The smallest absolute Gasteiger partial charge is 0.324 e. The molecule has 1 saturated carbocycles. The Morgan fingerprint density at radius 3 is 1.32 bits per heavy atom. The molecule has 0 heterocycles. The maximum absolute atomic E-state index is 11.8. The standard InChI is InChI=1S/2C8H17O3P.C7H9O3P.C5H10NO3P.C2H7O3P.CH6O6P2/c1-3-10-12(9,11-4-2)7-8-5-6-8;1-4-7-8-12(9,10-5-2)11-6-3;8-11(9,10)6-7-4-2-1-3-5-7;1-8-10(7,9-2)5-3-4-6;1-2-6(3,4)5;2-8(3,4)1-9(5,6)7/h8H,3-7H2,1-2H3;4H,1,5-8H2,2-3H3;1-5H,6H2,(H2,8,9,10);3,5H2,1-2H3;2H2,1H3,(H2,3,4,5);1H2,(H2,2,3,4)(H2,5,6,7). The SMILES string of the molecule is C=CCCP(=O)(OCC)OCC.CCOP(=O)(CC1CC1)OCC.CCP(=O)(O)O.COP(=O)(CCC#N)OC.O=P(O)(O)CP(=O)(O)O.O=P(O)(O)Cc1ccccc1. The Morgan fingerprint density at radius 1 is 0.650 bits per heavy atom. The van der Waals surface area contributed by atoms with Crippen LogP contribution in [0.2, 0.25) is 0 Å². The molecule has 1 fully saturated rings. The van der Waals surface area contributed by atoms with E-state index < -0.39 is 59.1 Å². The number of nitriles is 1. The first-order valence-electron chi connectivity index (χ1n) is 18.1. The predicted octanol–water partition coefficient (Wildman–Crippen LogP) is 7.72. The highest BCUT2D eigenvalue weighted by molar-refractivity contribution is 7.69. The number of hydrogen-bond donors (Lipinski definition) is 8. The molecule has 22 nitrogen and oxygen atoms in total. The van der Waals surface area contributed by atoms with Gasteiger partial charge in [-0.3, -0.25) is 32.0 Å². The summed E-state index contributed by atoms with van der Waals surface area (Å²) in [6, 6.07) is 10.6. The van der Waals surface area contributed by atoms with Crippen molar-refractivity contribution in [2.24, 2.45) is 5.92 Å². The van der Waals surface area contributed by atoms with Gasteiger partial charge in [-0.25, -0.2) is 0 Å². The van der Waals surface area contributed by atoms with Gasteiger partial charge >= 0.3 is 53.2 Å². The number of nitrogens with zero attached hydrogens (tertiary/aromatic N) is 1. The molecule has 0 aliphatic heterocycles. The van der Waals surface area contributed by atoms with Gasteiger partial charge in [0.15, 0.2) is 5.90 Å². The van der Waals surface area contributed by atoms with E-state index in [2.05, 4.69) is 15.6 Å². The van der Waals surface area contributed by atoms with Gasteiger partial charge in [0, 0.05) is 26.8 Å². The van der Waals surface area contributed by atoms with Crippen molar-refractivity contribution in [3.63, 3.8) is 0 Å². The molecule has 0 amide bonds. The molecule has 0 saturated heterocycles. The van der Waals surface area contributed by atoms with Gasteiger partial charge in [-0.2, -0.15) is 5.26 Å². The fourth-order valence-electron chi connectivity index (χ4n) is 3.47. The van der Waals surface area contributed by atoms with E-state index in [0.29, 0.717) is 56.7 Å². The molecular weight excluding hydrogens is 939 g/mol. The van der Waals surface area contributed by atoms with Gasteiger partial charge < -0.3 is 66.3 Å². The summed E-state index contributed by atoms with van der Waals surface area (Å²) >= 11 is 0. The van der Waals surface area contributed by atoms with E-state index in [1.54, 1.807) is 44.2 Å². The molecule has 356 valence electrons. The highest BCUT2D eigenvalue weighted by atomic mass is 31.2. The van der Waals surface area contributed by atoms with Gasteiger partial charge in [0.25, 0.3) is 0 Å². The molecule has 0 atom stereocenters. The lowest BCUT2D eigenvalue weighted by molar-refractivity contribution is 0.218. The van der Waals surface area contributed by atoms with Crippen molar-refractivity contribution in [2.45, 2.75) is 66.5 Å². The predicted molar refractivity (Wildman–Crippen MR) is 229 cm³/mol. The van der Waals surface area contributed by atoms with E-state index >= 15 is 0 Å².